The Morgan fingerprint density at radius 3 is 2.56 bits per heavy atom. The second kappa shape index (κ2) is 8.24. The van der Waals surface area contributed by atoms with Crippen molar-refractivity contribution in [1.82, 2.24) is 9.47 Å². The number of hydrogen-bond acceptors (Lipinski definition) is 5. The lowest BCUT2D eigenvalue weighted by atomic mass is 9.83. The third kappa shape index (κ3) is 3.26. The Balaban J connectivity index is 1.84. The number of imide groups is 1. The monoisotopic (exact) mass is 459 g/mol. The van der Waals surface area contributed by atoms with Crippen LogP contribution in [0.5, 0.6) is 11.5 Å². The van der Waals surface area contributed by atoms with Gasteiger partial charge in [0.2, 0.25) is 5.91 Å². The highest BCUT2D eigenvalue weighted by Crippen LogP contribution is 2.50. The number of aromatic nitrogens is 1. The number of carbonyl (C=O) groups excluding carboxylic acids is 2. The second-order valence-electron chi connectivity index (χ2n) is 9.27. The Labute approximate surface area is 198 Å². The summed E-state index contributed by atoms with van der Waals surface area (Å²) >= 11 is 0. The highest BCUT2D eigenvalue weighted by molar-refractivity contribution is 6.11. The molecule has 0 bridgehead atoms. The number of para-hydroxylation sites is 1. The van der Waals surface area contributed by atoms with E-state index in [1.165, 1.54) is 11.8 Å². The predicted molar refractivity (Wildman–Crippen MR) is 131 cm³/mol. The van der Waals surface area contributed by atoms with Gasteiger partial charge in [0.1, 0.15) is 0 Å². The number of nitrogens with one attached hydrogen (secondary N) is 1. The summed E-state index contributed by atoms with van der Waals surface area (Å²) in [4.78, 5) is 27.3. The van der Waals surface area contributed by atoms with Gasteiger partial charge >= 0.3 is 0 Å². The maximum atomic E-state index is 13.7. The van der Waals surface area contributed by atoms with Crippen molar-refractivity contribution in [2.24, 2.45) is 5.92 Å². The summed E-state index contributed by atoms with van der Waals surface area (Å²) in [6.07, 6.45) is 2.15. The number of ether oxygens (including phenoxy) is 2. The van der Waals surface area contributed by atoms with E-state index in [2.05, 4.69) is 36.0 Å². The number of benzene rings is 2. The van der Waals surface area contributed by atoms with Crippen LogP contribution < -0.4 is 14.8 Å². The standard InChI is InChI=1S/C27H29N3O4/c1-15(2)12-29-13-18-23(17-8-6-11-22(33-4)26(17)34-5)25-20(14-30(16(3)31)27(25)32)28-19-9-7-10-21(29)24(18)19/h6-11,13,15,23,28H,12,14H2,1-5H3/t23-/m1/s1. The summed E-state index contributed by atoms with van der Waals surface area (Å²) in [7, 11) is 3.21. The average molecular weight is 460 g/mol. The molecule has 0 aliphatic carbocycles. The van der Waals surface area contributed by atoms with Crippen LogP contribution in [-0.2, 0) is 16.1 Å². The van der Waals surface area contributed by atoms with E-state index in [0.717, 1.165) is 40.0 Å². The quantitative estimate of drug-likeness (QED) is 0.608. The molecule has 7 nitrogen and oxygen atoms in total. The molecule has 2 amide bonds. The van der Waals surface area contributed by atoms with Gasteiger partial charge in [0.25, 0.3) is 5.91 Å². The third-order valence-corrected chi connectivity index (χ3v) is 6.62. The maximum Gasteiger partial charge on any atom is 0.259 e. The zero-order chi connectivity index (χ0) is 24.1. The van der Waals surface area contributed by atoms with Crippen LogP contribution in [0.3, 0.4) is 0 Å². The van der Waals surface area contributed by atoms with Gasteiger partial charge in [-0.1, -0.05) is 32.0 Å². The molecule has 2 aromatic carbocycles. The normalized spacial score (nSPS) is 17.2. The Kier molecular flexibility index (Phi) is 5.35. The molecule has 0 saturated heterocycles. The van der Waals surface area contributed by atoms with Gasteiger partial charge in [-0.2, -0.15) is 0 Å². The summed E-state index contributed by atoms with van der Waals surface area (Å²) < 4.78 is 13.7. The van der Waals surface area contributed by atoms with E-state index < -0.39 is 5.92 Å². The minimum Gasteiger partial charge on any atom is -0.493 e. The largest absolute Gasteiger partial charge is 0.493 e. The lowest BCUT2D eigenvalue weighted by molar-refractivity contribution is -0.139. The van der Waals surface area contributed by atoms with Gasteiger partial charge in [0.05, 0.1) is 31.9 Å². The molecule has 0 radical (unpaired) electrons. The van der Waals surface area contributed by atoms with Crippen molar-refractivity contribution >= 4 is 28.4 Å². The van der Waals surface area contributed by atoms with Crippen LogP contribution in [0.15, 0.2) is 53.9 Å². The molecular weight excluding hydrogens is 430 g/mol. The van der Waals surface area contributed by atoms with Gasteiger partial charge in [-0.3, -0.25) is 14.5 Å². The highest BCUT2D eigenvalue weighted by Gasteiger charge is 2.42. The van der Waals surface area contributed by atoms with Crippen LogP contribution in [0.2, 0.25) is 0 Å². The van der Waals surface area contributed by atoms with Gasteiger partial charge in [-0.25, -0.2) is 0 Å². The number of carbonyl (C=O) groups is 2. The molecule has 176 valence electrons. The second-order valence-corrected chi connectivity index (χ2v) is 9.27. The number of nitrogens with zero attached hydrogens (tertiary/aromatic N) is 2. The zero-order valence-corrected chi connectivity index (χ0v) is 20.1. The molecule has 1 N–H and O–H groups in total. The van der Waals surface area contributed by atoms with E-state index in [1.807, 2.05) is 30.3 Å². The Morgan fingerprint density at radius 1 is 1.12 bits per heavy atom. The molecule has 0 spiro atoms. The average Bonchev–Trinajstić information content (AvgIpc) is 3.28. The molecule has 1 aromatic heterocycles. The van der Waals surface area contributed by atoms with Crippen LogP contribution in [0.25, 0.3) is 10.9 Å². The Bertz CT molecular complexity index is 1350. The summed E-state index contributed by atoms with van der Waals surface area (Å²) in [5, 5.41) is 4.59. The number of anilines is 1. The lowest BCUT2D eigenvalue weighted by Crippen LogP contribution is -2.33. The smallest absolute Gasteiger partial charge is 0.259 e. The van der Waals surface area contributed by atoms with Crippen LogP contribution in [0, 0.1) is 5.92 Å². The molecule has 5 rings (SSSR count). The minimum absolute atomic E-state index is 0.221. The zero-order valence-electron chi connectivity index (χ0n) is 20.1. The SMILES string of the molecule is COc1cccc([C@H]2C3=C(CN(C(C)=O)C3=O)Nc3cccc4c3c2cn4CC(C)C)c1OC. The fourth-order valence-corrected chi connectivity index (χ4v) is 5.28. The molecule has 7 heteroatoms. The minimum atomic E-state index is -0.427. The molecule has 3 heterocycles. The molecule has 1 atom stereocenters. The van der Waals surface area contributed by atoms with Crippen LogP contribution in [0.1, 0.15) is 37.8 Å². The molecule has 3 aromatic rings. The van der Waals surface area contributed by atoms with E-state index in [4.69, 9.17) is 9.47 Å². The maximum absolute atomic E-state index is 13.7. The van der Waals surface area contributed by atoms with E-state index in [-0.39, 0.29) is 18.4 Å². The fraction of sp³-hybridized carbons (Fsp3) is 0.333. The first kappa shape index (κ1) is 22.1. The Hall–Kier alpha value is -3.74. The Morgan fingerprint density at radius 2 is 1.88 bits per heavy atom. The first-order chi connectivity index (χ1) is 16.3. The van der Waals surface area contributed by atoms with E-state index >= 15 is 0 Å². The molecule has 0 saturated carbocycles. The lowest BCUT2D eigenvalue weighted by Gasteiger charge is -2.22. The predicted octanol–water partition coefficient (Wildman–Crippen LogP) is 4.51. The van der Waals surface area contributed by atoms with Gasteiger partial charge in [0, 0.05) is 47.9 Å². The molecule has 34 heavy (non-hydrogen) atoms. The van der Waals surface area contributed by atoms with Crippen molar-refractivity contribution < 1.29 is 19.1 Å². The van der Waals surface area contributed by atoms with Crippen molar-refractivity contribution in [1.29, 1.82) is 0 Å². The van der Waals surface area contributed by atoms with Crippen molar-refractivity contribution in [2.75, 3.05) is 26.1 Å². The van der Waals surface area contributed by atoms with E-state index in [1.54, 1.807) is 14.2 Å². The first-order valence-electron chi connectivity index (χ1n) is 11.5. The van der Waals surface area contributed by atoms with Crippen LogP contribution in [-0.4, -0.2) is 42.0 Å². The van der Waals surface area contributed by atoms with E-state index in [9.17, 15) is 9.59 Å². The molecular formula is C27H29N3O4. The summed E-state index contributed by atoms with van der Waals surface area (Å²) in [5.41, 5.74) is 5.20. The summed E-state index contributed by atoms with van der Waals surface area (Å²) in [6.45, 7) is 6.87. The summed E-state index contributed by atoms with van der Waals surface area (Å²) in [5.74, 6) is 0.654. The van der Waals surface area contributed by atoms with E-state index in [0.29, 0.717) is 23.0 Å². The molecule has 0 fully saturated rings. The number of amides is 2. The van der Waals surface area contributed by atoms with Crippen LogP contribution >= 0.6 is 0 Å². The van der Waals surface area contributed by atoms with Crippen molar-refractivity contribution in [3.63, 3.8) is 0 Å². The fourth-order valence-electron chi connectivity index (χ4n) is 5.28. The molecule has 2 aliphatic rings. The van der Waals surface area contributed by atoms with Gasteiger partial charge in [-0.05, 0) is 29.7 Å². The topological polar surface area (TPSA) is 72.8 Å². The van der Waals surface area contributed by atoms with Gasteiger partial charge in [0.15, 0.2) is 11.5 Å². The van der Waals surface area contributed by atoms with Crippen molar-refractivity contribution in [3.8, 4) is 11.5 Å². The van der Waals surface area contributed by atoms with Crippen molar-refractivity contribution in [2.45, 2.75) is 33.2 Å². The van der Waals surface area contributed by atoms with Crippen LogP contribution in [0.4, 0.5) is 5.69 Å². The number of rotatable bonds is 5. The number of methoxy groups -OCH3 is 2. The first-order valence-corrected chi connectivity index (χ1v) is 11.5. The van der Waals surface area contributed by atoms with Gasteiger partial charge in [-0.15, -0.1) is 0 Å². The number of hydrogen-bond donors (Lipinski definition) is 1. The molecule has 0 unspecified atom stereocenters. The summed E-state index contributed by atoms with van der Waals surface area (Å²) in [6, 6.07) is 11.9. The van der Waals surface area contributed by atoms with Crippen molar-refractivity contribution in [3.05, 3.63) is 65.0 Å². The molecule has 2 aliphatic heterocycles. The third-order valence-electron chi connectivity index (χ3n) is 6.62. The highest BCUT2D eigenvalue weighted by atomic mass is 16.5. The van der Waals surface area contributed by atoms with Gasteiger partial charge < -0.3 is 19.4 Å².